The molecule has 31 heavy (non-hydrogen) atoms. The quantitative estimate of drug-likeness (QED) is 0.286. The first-order valence-corrected chi connectivity index (χ1v) is 12.0. The number of anilines is 1. The van der Waals surface area contributed by atoms with Crippen LogP contribution in [0.4, 0.5) is 5.13 Å². The van der Waals surface area contributed by atoms with E-state index in [0.717, 1.165) is 26.2 Å². The third-order valence-corrected chi connectivity index (χ3v) is 7.24. The normalized spacial score (nSPS) is 11.3. The van der Waals surface area contributed by atoms with Crippen LogP contribution in [-0.4, -0.2) is 21.1 Å². The molecule has 0 saturated carbocycles. The molecule has 2 heterocycles. The van der Waals surface area contributed by atoms with Crippen molar-refractivity contribution in [3.8, 4) is 0 Å². The highest BCUT2D eigenvalue weighted by Gasteiger charge is 2.22. The standard InChI is InChI=1S/C24H22ClN3OS2/c1-15(2)30-19-6-4-18(5-7-19)23(29)28(14-17-10-12-26-13-11-17)24-27-22-16(3)20(25)8-9-21(22)31-24/h4-13,15H,14H2,1-3H3. The third kappa shape index (κ3) is 4.92. The summed E-state index contributed by atoms with van der Waals surface area (Å²) in [5.74, 6) is -0.0827. The zero-order valence-corrected chi connectivity index (χ0v) is 19.9. The molecule has 1 amide bonds. The lowest BCUT2D eigenvalue weighted by atomic mass is 10.2. The van der Waals surface area contributed by atoms with Crippen LogP contribution >= 0.6 is 34.7 Å². The maximum atomic E-state index is 13.6. The van der Waals surface area contributed by atoms with Gasteiger partial charge in [0, 0.05) is 33.1 Å². The number of halogens is 1. The number of hydrogen-bond donors (Lipinski definition) is 0. The van der Waals surface area contributed by atoms with Crippen LogP contribution < -0.4 is 4.90 Å². The Morgan fingerprint density at radius 2 is 1.81 bits per heavy atom. The van der Waals surface area contributed by atoms with Crippen LogP contribution in [0.3, 0.4) is 0 Å². The Morgan fingerprint density at radius 3 is 2.48 bits per heavy atom. The van der Waals surface area contributed by atoms with E-state index in [1.54, 1.807) is 29.1 Å². The molecule has 0 bridgehead atoms. The fourth-order valence-electron chi connectivity index (χ4n) is 3.21. The molecule has 0 aliphatic rings. The van der Waals surface area contributed by atoms with E-state index in [1.165, 1.54) is 11.3 Å². The van der Waals surface area contributed by atoms with E-state index in [-0.39, 0.29) is 5.91 Å². The number of aryl methyl sites for hydroxylation is 1. The van der Waals surface area contributed by atoms with Crippen LogP contribution in [0.15, 0.2) is 65.8 Å². The lowest BCUT2D eigenvalue weighted by Crippen LogP contribution is -2.30. The summed E-state index contributed by atoms with van der Waals surface area (Å²) in [5, 5.41) is 1.82. The molecule has 2 aromatic carbocycles. The second-order valence-corrected chi connectivity index (χ2v) is 10.5. The molecule has 0 aliphatic carbocycles. The summed E-state index contributed by atoms with van der Waals surface area (Å²) >= 11 is 9.57. The van der Waals surface area contributed by atoms with Gasteiger partial charge in [-0.15, -0.1) is 11.8 Å². The number of benzene rings is 2. The van der Waals surface area contributed by atoms with Crippen LogP contribution in [0.25, 0.3) is 10.2 Å². The van der Waals surface area contributed by atoms with E-state index in [0.29, 0.717) is 27.5 Å². The van der Waals surface area contributed by atoms with Gasteiger partial charge in [-0.25, -0.2) is 4.98 Å². The minimum absolute atomic E-state index is 0.0827. The fourth-order valence-corrected chi connectivity index (χ4v) is 5.22. The molecule has 2 aromatic heterocycles. The van der Waals surface area contributed by atoms with Crippen molar-refractivity contribution in [3.05, 3.63) is 82.6 Å². The third-order valence-electron chi connectivity index (χ3n) is 4.78. The van der Waals surface area contributed by atoms with Crippen molar-refractivity contribution in [1.29, 1.82) is 0 Å². The lowest BCUT2D eigenvalue weighted by molar-refractivity contribution is 0.0985. The van der Waals surface area contributed by atoms with Gasteiger partial charge in [0.25, 0.3) is 5.91 Å². The predicted octanol–water partition coefficient (Wildman–Crippen LogP) is 7.00. The van der Waals surface area contributed by atoms with Gasteiger partial charge in [-0.3, -0.25) is 14.7 Å². The Kier molecular flexibility index (Phi) is 6.60. The van der Waals surface area contributed by atoms with Gasteiger partial charge in [0.1, 0.15) is 0 Å². The SMILES string of the molecule is Cc1c(Cl)ccc2sc(N(Cc3ccncc3)C(=O)c3ccc(SC(C)C)cc3)nc12. The maximum Gasteiger partial charge on any atom is 0.260 e. The van der Waals surface area contributed by atoms with Gasteiger partial charge in [0.2, 0.25) is 0 Å². The summed E-state index contributed by atoms with van der Waals surface area (Å²) in [6.45, 7) is 6.67. The number of carbonyl (C=O) groups excluding carboxylic acids is 1. The second kappa shape index (κ2) is 9.39. The summed E-state index contributed by atoms with van der Waals surface area (Å²) in [5.41, 5.74) is 3.39. The largest absolute Gasteiger partial charge is 0.279 e. The van der Waals surface area contributed by atoms with Gasteiger partial charge < -0.3 is 0 Å². The summed E-state index contributed by atoms with van der Waals surface area (Å²) in [4.78, 5) is 25.3. The number of fused-ring (bicyclic) bond motifs is 1. The Balaban J connectivity index is 1.72. The van der Waals surface area contributed by atoms with E-state index < -0.39 is 0 Å². The van der Waals surface area contributed by atoms with Crippen LogP contribution in [0.1, 0.15) is 35.3 Å². The number of hydrogen-bond acceptors (Lipinski definition) is 5. The zero-order valence-electron chi connectivity index (χ0n) is 17.5. The average molecular weight is 468 g/mol. The van der Waals surface area contributed by atoms with Gasteiger partial charge in [-0.1, -0.05) is 36.8 Å². The first kappa shape index (κ1) is 21.8. The summed E-state index contributed by atoms with van der Waals surface area (Å²) in [6.07, 6.45) is 3.47. The molecule has 4 nitrogen and oxygen atoms in total. The van der Waals surface area contributed by atoms with E-state index in [1.807, 2.05) is 55.5 Å². The first-order chi connectivity index (χ1) is 14.9. The summed E-state index contributed by atoms with van der Waals surface area (Å²) < 4.78 is 1.01. The number of amides is 1. The number of thiazole rings is 1. The summed E-state index contributed by atoms with van der Waals surface area (Å²) in [6, 6.07) is 15.5. The van der Waals surface area contributed by atoms with Crippen molar-refractivity contribution in [2.75, 3.05) is 4.90 Å². The van der Waals surface area contributed by atoms with Crippen LogP contribution in [0.2, 0.25) is 5.02 Å². The average Bonchev–Trinajstić information content (AvgIpc) is 3.20. The van der Waals surface area contributed by atoms with E-state index in [2.05, 4.69) is 18.8 Å². The molecule has 4 rings (SSSR count). The smallest absolute Gasteiger partial charge is 0.260 e. The lowest BCUT2D eigenvalue weighted by Gasteiger charge is -2.20. The van der Waals surface area contributed by atoms with Gasteiger partial charge in [0.15, 0.2) is 5.13 Å². The van der Waals surface area contributed by atoms with Gasteiger partial charge >= 0.3 is 0 Å². The van der Waals surface area contributed by atoms with Gasteiger partial charge in [-0.2, -0.15) is 0 Å². The van der Waals surface area contributed by atoms with Crippen molar-refractivity contribution in [2.24, 2.45) is 0 Å². The molecule has 0 unspecified atom stereocenters. The molecule has 0 atom stereocenters. The van der Waals surface area contributed by atoms with Crippen molar-refractivity contribution in [3.63, 3.8) is 0 Å². The van der Waals surface area contributed by atoms with Crippen molar-refractivity contribution >= 4 is 56.0 Å². The number of pyridine rings is 1. The van der Waals surface area contributed by atoms with Crippen LogP contribution in [0.5, 0.6) is 0 Å². The number of aromatic nitrogens is 2. The Bertz CT molecular complexity index is 1210. The Labute approximate surface area is 195 Å². The fraction of sp³-hybridized carbons (Fsp3) is 0.208. The molecule has 0 spiro atoms. The molecular weight excluding hydrogens is 446 g/mol. The number of nitrogens with zero attached hydrogens (tertiary/aromatic N) is 3. The molecule has 4 aromatic rings. The minimum atomic E-state index is -0.0827. The second-order valence-electron chi connectivity index (χ2n) is 7.45. The highest BCUT2D eigenvalue weighted by molar-refractivity contribution is 7.99. The summed E-state index contributed by atoms with van der Waals surface area (Å²) in [7, 11) is 0. The molecular formula is C24H22ClN3OS2. The van der Waals surface area contributed by atoms with E-state index in [9.17, 15) is 4.79 Å². The maximum absolute atomic E-state index is 13.6. The minimum Gasteiger partial charge on any atom is -0.279 e. The molecule has 0 N–H and O–H groups in total. The zero-order chi connectivity index (χ0) is 22.0. The molecule has 0 fully saturated rings. The molecule has 0 saturated heterocycles. The van der Waals surface area contributed by atoms with Gasteiger partial charge in [0.05, 0.1) is 16.8 Å². The van der Waals surface area contributed by atoms with Crippen molar-refractivity contribution in [1.82, 2.24) is 9.97 Å². The number of carbonyl (C=O) groups is 1. The number of rotatable bonds is 6. The van der Waals surface area contributed by atoms with Gasteiger partial charge in [-0.05, 0) is 66.6 Å². The van der Waals surface area contributed by atoms with Crippen LogP contribution in [0, 0.1) is 6.92 Å². The van der Waals surface area contributed by atoms with Crippen molar-refractivity contribution in [2.45, 2.75) is 37.5 Å². The monoisotopic (exact) mass is 467 g/mol. The highest BCUT2D eigenvalue weighted by Crippen LogP contribution is 2.35. The molecule has 0 aliphatic heterocycles. The van der Waals surface area contributed by atoms with Crippen LogP contribution in [-0.2, 0) is 6.54 Å². The Hall–Kier alpha value is -2.41. The molecule has 7 heteroatoms. The molecule has 0 radical (unpaired) electrons. The number of thioether (sulfide) groups is 1. The predicted molar refractivity (Wildman–Crippen MR) is 132 cm³/mol. The first-order valence-electron chi connectivity index (χ1n) is 9.95. The molecule has 158 valence electrons. The topological polar surface area (TPSA) is 46.1 Å². The highest BCUT2D eigenvalue weighted by atomic mass is 35.5. The van der Waals surface area contributed by atoms with Crippen molar-refractivity contribution < 1.29 is 4.79 Å². The Morgan fingerprint density at radius 1 is 1.10 bits per heavy atom. The van der Waals surface area contributed by atoms with E-state index >= 15 is 0 Å². The van der Waals surface area contributed by atoms with E-state index in [4.69, 9.17) is 16.6 Å².